The van der Waals surface area contributed by atoms with Crippen molar-refractivity contribution in [2.75, 3.05) is 45.9 Å². The maximum Gasteiger partial charge on any atom is 0.409 e. The Kier molecular flexibility index (Phi) is 11.7. The van der Waals surface area contributed by atoms with Crippen molar-refractivity contribution in [3.05, 3.63) is 35.4 Å². The van der Waals surface area contributed by atoms with Gasteiger partial charge in [-0.1, -0.05) is 12.1 Å². The van der Waals surface area contributed by atoms with E-state index in [-0.39, 0.29) is 42.5 Å². The van der Waals surface area contributed by atoms with Crippen LogP contribution in [0.2, 0.25) is 0 Å². The quantitative estimate of drug-likeness (QED) is 0.263. The average Bonchev–Trinajstić information content (AvgIpc) is 2.75. The van der Waals surface area contributed by atoms with Crippen molar-refractivity contribution in [2.24, 2.45) is 10.7 Å². The second-order valence-electron chi connectivity index (χ2n) is 6.69. The Labute approximate surface area is 199 Å². The number of rotatable bonds is 7. The molecule has 1 aliphatic rings. The van der Waals surface area contributed by atoms with Crippen LogP contribution in [-0.2, 0) is 16.1 Å². The molecule has 0 aromatic heterocycles. The normalized spacial score (nSPS) is 13.8. The zero-order valence-electron chi connectivity index (χ0n) is 17.9. The predicted molar refractivity (Wildman–Crippen MR) is 128 cm³/mol. The molecule has 11 heteroatoms. The zero-order chi connectivity index (χ0) is 21.9. The molecule has 31 heavy (non-hydrogen) atoms. The average molecular weight is 546 g/mol. The number of benzene rings is 1. The number of ether oxygens (including phenoxy) is 1. The Morgan fingerprint density at radius 1 is 1.03 bits per heavy atom. The summed E-state index contributed by atoms with van der Waals surface area (Å²) in [5.41, 5.74) is 6.43. The van der Waals surface area contributed by atoms with Gasteiger partial charge in [0.15, 0.2) is 5.96 Å². The monoisotopic (exact) mass is 546 g/mol. The van der Waals surface area contributed by atoms with Gasteiger partial charge in [0.05, 0.1) is 19.7 Å². The molecular weight excluding hydrogens is 515 g/mol. The molecular formula is C20H31IN6O4. The minimum atomic E-state index is -0.589. The van der Waals surface area contributed by atoms with Crippen LogP contribution < -0.4 is 16.4 Å². The van der Waals surface area contributed by atoms with E-state index in [1.807, 2.05) is 19.1 Å². The molecule has 0 aliphatic carbocycles. The highest BCUT2D eigenvalue weighted by Gasteiger charge is 2.23. The number of nitrogens with two attached hydrogens (primary N) is 1. The summed E-state index contributed by atoms with van der Waals surface area (Å²) in [6, 6.07) is 7.02. The van der Waals surface area contributed by atoms with Gasteiger partial charge in [-0.2, -0.15) is 0 Å². The van der Waals surface area contributed by atoms with Gasteiger partial charge in [0.25, 0.3) is 5.91 Å². The van der Waals surface area contributed by atoms with Gasteiger partial charge in [-0.25, -0.2) is 9.79 Å². The highest BCUT2D eigenvalue weighted by molar-refractivity contribution is 14.0. The highest BCUT2D eigenvalue weighted by Crippen LogP contribution is 2.08. The summed E-state index contributed by atoms with van der Waals surface area (Å²) in [6.07, 6.45) is -0.279. The number of aliphatic imine (C=N–C) groups is 1. The van der Waals surface area contributed by atoms with E-state index in [4.69, 9.17) is 10.5 Å². The fraction of sp³-hybridized carbons (Fsp3) is 0.500. The van der Waals surface area contributed by atoms with Gasteiger partial charge in [0.1, 0.15) is 0 Å². The van der Waals surface area contributed by atoms with Crippen LogP contribution in [0.25, 0.3) is 0 Å². The first kappa shape index (κ1) is 26.5. The Morgan fingerprint density at radius 2 is 1.65 bits per heavy atom. The summed E-state index contributed by atoms with van der Waals surface area (Å²) in [5.74, 6) is -0.158. The maximum atomic E-state index is 11.9. The molecule has 1 aromatic rings. The van der Waals surface area contributed by atoms with Gasteiger partial charge in [-0.05, 0) is 31.5 Å². The lowest BCUT2D eigenvalue weighted by Crippen LogP contribution is -2.53. The fourth-order valence-electron chi connectivity index (χ4n) is 2.94. The fourth-order valence-corrected chi connectivity index (χ4v) is 2.94. The van der Waals surface area contributed by atoms with Crippen molar-refractivity contribution in [1.82, 2.24) is 20.4 Å². The van der Waals surface area contributed by atoms with Crippen LogP contribution in [0.3, 0.4) is 0 Å². The Hall–Kier alpha value is -2.57. The molecule has 0 spiro atoms. The van der Waals surface area contributed by atoms with Gasteiger partial charge in [0, 0.05) is 38.3 Å². The molecule has 10 nitrogen and oxygen atoms in total. The van der Waals surface area contributed by atoms with E-state index in [9.17, 15) is 14.4 Å². The standard InChI is InChI=1S/C20H30N6O4.HI/c1-3-22-19(25-9-11-26(12-10-25)20(29)30-4-2)24-13-15-5-7-16(8-6-15)18(28)23-14-17(21)27;/h5-8H,3-4,9-14H2,1-2H3,(H2,21,27)(H,22,24)(H,23,28);1H. The van der Waals surface area contributed by atoms with Gasteiger partial charge in [-0.3, -0.25) is 9.59 Å². The van der Waals surface area contributed by atoms with Crippen LogP contribution in [0.15, 0.2) is 29.3 Å². The molecule has 0 radical (unpaired) electrons. The van der Waals surface area contributed by atoms with Crippen LogP contribution in [0.4, 0.5) is 4.79 Å². The van der Waals surface area contributed by atoms with Gasteiger partial charge >= 0.3 is 6.09 Å². The molecule has 4 N–H and O–H groups in total. The molecule has 1 heterocycles. The van der Waals surface area contributed by atoms with Crippen LogP contribution in [0, 0.1) is 0 Å². The lowest BCUT2D eigenvalue weighted by atomic mass is 10.1. The van der Waals surface area contributed by atoms with E-state index in [1.54, 1.807) is 24.0 Å². The molecule has 0 bridgehead atoms. The summed E-state index contributed by atoms with van der Waals surface area (Å²) >= 11 is 0. The van der Waals surface area contributed by atoms with Crippen LogP contribution in [0.5, 0.6) is 0 Å². The summed E-state index contributed by atoms with van der Waals surface area (Å²) in [5, 5.41) is 5.73. The number of halogens is 1. The molecule has 0 saturated carbocycles. The summed E-state index contributed by atoms with van der Waals surface area (Å²) in [6.45, 7) is 7.66. The van der Waals surface area contributed by atoms with Crippen molar-refractivity contribution in [1.29, 1.82) is 0 Å². The molecule has 1 fully saturated rings. The van der Waals surface area contributed by atoms with Crippen molar-refractivity contribution in [3.63, 3.8) is 0 Å². The SMILES string of the molecule is CCNC(=NCc1ccc(C(=O)NCC(N)=O)cc1)N1CCN(C(=O)OCC)CC1.I. The van der Waals surface area contributed by atoms with E-state index in [0.717, 1.165) is 18.1 Å². The van der Waals surface area contributed by atoms with Crippen molar-refractivity contribution in [2.45, 2.75) is 20.4 Å². The largest absolute Gasteiger partial charge is 0.450 e. The number of carbonyl (C=O) groups is 3. The number of hydrogen-bond donors (Lipinski definition) is 3. The zero-order valence-corrected chi connectivity index (χ0v) is 20.3. The molecule has 1 aliphatic heterocycles. The van der Waals surface area contributed by atoms with Crippen molar-refractivity contribution >= 4 is 47.8 Å². The summed E-state index contributed by atoms with van der Waals surface area (Å²) < 4.78 is 5.05. The predicted octanol–water partition coefficient (Wildman–Crippen LogP) is 0.759. The number of hydrogen-bond acceptors (Lipinski definition) is 5. The number of carbonyl (C=O) groups excluding carboxylic acids is 3. The van der Waals surface area contributed by atoms with Gasteiger partial charge < -0.3 is 30.9 Å². The Morgan fingerprint density at radius 3 is 2.19 bits per heavy atom. The highest BCUT2D eigenvalue weighted by atomic mass is 127. The summed E-state index contributed by atoms with van der Waals surface area (Å²) in [7, 11) is 0. The van der Waals surface area contributed by atoms with Gasteiger partial charge in [-0.15, -0.1) is 24.0 Å². The first-order valence-electron chi connectivity index (χ1n) is 10.0. The lowest BCUT2D eigenvalue weighted by Gasteiger charge is -2.35. The van der Waals surface area contributed by atoms with Crippen LogP contribution >= 0.6 is 24.0 Å². The Bertz CT molecular complexity index is 763. The van der Waals surface area contributed by atoms with E-state index in [1.165, 1.54) is 0 Å². The van der Waals surface area contributed by atoms with E-state index in [2.05, 4.69) is 20.5 Å². The molecule has 2 rings (SSSR count). The van der Waals surface area contributed by atoms with E-state index >= 15 is 0 Å². The number of amides is 3. The molecule has 1 saturated heterocycles. The molecule has 1 aromatic carbocycles. The maximum absolute atomic E-state index is 11.9. The minimum Gasteiger partial charge on any atom is -0.450 e. The van der Waals surface area contributed by atoms with Crippen molar-refractivity contribution < 1.29 is 19.1 Å². The first-order chi connectivity index (χ1) is 14.4. The third-order valence-corrected chi connectivity index (χ3v) is 4.49. The Balaban J connectivity index is 0.00000480. The number of guanidine groups is 1. The minimum absolute atomic E-state index is 0. The second-order valence-corrected chi connectivity index (χ2v) is 6.69. The van der Waals surface area contributed by atoms with Gasteiger partial charge in [0.2, 0.25) is 5.91 Å². The smallest absolute Gasteiger partial charge is 0.409 e. The third-order valence-electron chi connectivity index (χ3n) is 4.49. The first-order valence-corrected chi connectivity index (χ1v) is 10.0. The molecule has 0 atom stereocenters. The second kappa shape index (κ2) is 13.7. The summed E-state index contributed by atoms with van der Waals surface area (Å²) in [4.78, 5) is 43.0. The number of piperazine rings is 1. The number of primary amides is 1. The van der Waals surface area contributed by atoms with Crippen LogP contribution in [0.1, 0.15) is 29.8 Å². The third kappa shape index (κ3) is 8.59. The van der Waals surface area contributed by atoms with Crippen molar-refractivity contribution in [3.8, 4) is 0 Å². The van der Waals surface area contributed by atoms with Crippen LogP contribution in [-0.4, -0.2) is 79.5 Å². The number of nitrogens with one attached hydrogen (secondary N) is 2. The molecule has 172 valence electrons. The molecule has 3 amide bonds. The topological polar surface area (TPSA) is 129 Å². The van der Waals surface area contributed by atoms with E-state index < -0.39 is 5.91 Å². The van der Waals surface area contributed by atoms with E-state index in [0.29, 0.717) is 44.9 Å². The lowest BCUT2D eigenvalue weighted by molar-refractivity contribution is -0.117. The molecule has 0 unspecified atom stereocenters. The number of nitrogens with zero attached hydrogens (tertiary/aromatic N) is 3.